The maximum Gasteiger partial charge on any atom is 0.410 e. The molecule has 1 aliphatic heterocycles. The van der Waals surface area contributed by atoms with Crippen LogP contribution in [0.1, 0.15) is 59.3 Å². The van der Waals surface area contributed by atoms with Gasteiger partial charge >= 0.3 is 6.09 Å². The van der Waals surface area contributed by atoms with Gasteiger partial charge in [0.1, 0.15) is 5.60 Å². The van der Waals surface area contributed by atoms with E-state index in [1.54, 1.807) is 7.05 Å². The molecule has 0 aromatic heterocycles. The molecular formula is C22H39N5O3. The first-order chi connectivity index (χ1) is 14.3. The van der Waals surface area contributed by atoms with Gasteiger partial charge < -0.3 is 25.2 Å². The van der Waals surface area contributed by atoms with E-state index in [9.17, 15) is 9.59 Å². The molecule has 8 nitrogen and oxygen atoms in total. The molecule has 0 spiro atoms. The molecule has 170 valence electrons. The molecule has 0 unspecified atom stereocenters. The van der Waals surface area contributed by atoms with Crippen LogP contribution in [0.5, 0.6) is 0 Å². The molecule has 0 bridgehead atoms. The van der Waals surface area contributed by atoms with Gasteiger partial charge in [0, 0.05) is 51.7 Å². The average molecular weight is 422 g/mol. The first-order valence-electron chi connectivity index (χ1n) is 11.5. The van der Waals surface area contributed by atoms with Gasteiger partial charge in [-0.15, -0.1) is 0 Å². The van der Waals surface area contributed by atoms with E-state index in [-0.39, 0.29) is 24.0 Å². The molecule has 3 fully saturated rings. The number of hydrogen-bond acceptors (Lipinski definition) is 4. The van der Waals surface area contributed by atoms with E-state index in [0.717, 1.165) is 51.3 Å². The first-order valence-corrected chi connectivity index (χ1v) is 11.5. The standard InChI is InChI=1S/C22H39N5O3/c1-22(2,3)30-21(29)27(15-16-5-6-16)18-9-13-26(14-10-18)20(23-4)25-12-11-24-19(28)17-7-8-17/h16-18H,5-15H2,1-4H3,(H,23,25)(H,24,28). The van der Waals surface area contributed by atoms with Gasteiger partial charge in [-0.1, -0.05) is 0 Å². The topological polar surface area (TPSA) is 86.3 Å². The molecule has 0 radical (unpaired) electrons. The molecule has 1 heterocycles. The van der Waals surface area contributed by atoms with Crippen molar-refractivity contribution in [3.8, 4) is 0 Å². The van der Waals surface area contributed by atoms with Crippen LogP contribution in [-0.2, 0) is 9.53 Å². The van der Waals surface area contributed by atoms with Gasteiger partial charge in [-0.05, 0) is 65.2 Å². The smallest absolute Gasteiger partial charge is 0.410 e. The highest BCUT2D eigenvalue weighted by atomic mass is 16.6. The molecule has 0 aromatic rings. The summed E-state index contributed by atoms with van der Waals surface area (Å²) >= 11 is 0. The summed E-state index contributed by atoms with van der Waals surface area (Å²) in [6.07, 6.45) is 6.11. The Bertz CT molecular complexity index is 629. The third-order valence-electron chi connectivity index (χ3n) is 5.85. The largest absolute Gasteiger partial charge is 0.444 e. The fourth-order valence-electron chi connectivity index (χ4n) is 3.84. The molecular weight excluding hydrogens is 382 g/mol. The Labute approximate surface area is 180 Å². The number of guanidine groups is 1. The number of nitrogens with one attached hydrogen (secondary N) is 2. The summed E-state index contributed by atoms with van der Waals surface area (Å²) in [6.45, 7) is 9.55. The van der Waals surface area contributed by atoms with E-state index < -0.39 is 5.60 Å². The van der Waals surface area contributed by atoms with Crippen LogP contribution in [0.3, 0.4) is 0 Å². The van der Waals surface area contributed by atoms with Crippen molar-refractivity contribution in [1.29, 1.82) is 0 Å². The lowest BCUT2D eigenvalue weighted by Crippen LogP contribution is -2.53. The zero-order chi connectivity index (χ0) is 21.7. The highest BCUT2D eigenvalue weighted by molar-refractivity contribution is 5.81. The van der Waals surface area contributed by atoms with Crippen molar-refractivity contribution in [3.05, 3.63) is 0 Å². The summed E-state index contributed by atoms with van der Waals surface area (Å²) in [6, 6.07) is 0.215. The van der Waals surface area contributed by atoms with E-state index in [2.05, 4.69) is 20.5 Å². The molecule has 8 heteroatoms. The first kappa shape index (κ1) is 22.7. The lowest BCUT2D eigenvalue weighted by atomic mass is 10.0. The number of nitrogens with zero attached hydrogens (tertiary/aromatic N) is 3. The molecule has 0 aromatic carbocycles. The number of ether oxygens (including phenoxy) is 1. The number of carbonyl (C=O) groups excluding carboxylic acids is 2. The fourth-order valence-corrected chi connectivity index (χ4v) is 3.84. The summed E-state index contributed by atoms with van der Waals surface area (Å²) in [5.41, 5.74) is -0.472. The number of likely N-dealkylation sites (tertiary alicyclic amines) is 1. The van der Waals surface area contributed by atoms with Crippen molar-refractivity contribution in [2.24, 2.45) is 16.8 Å². The second-order valence-corrected chi connectivity index (χ2v) is 9.83. The highest BCUT2D eigenvalue weighted by Crippen LogP contribution is 2.32. The molecule has 3 rings (SSSR count). The molecule has 2 amide bonds. The number of aliphatic imine (C=N–C) groups is 1. The molecule has 2 N–H and O–H groups in total. The predicted molar refractivity (Wildman–Crippen MR) is 117 cm³/mol. The molecule has 1 saturated heterocycles. The van der Waals surface area contributed by atoms with Crippen molar-refractivity contribution in [2.75, 3.05) is 39.8 Å². The minimum atomic E-state index is -0.472. The van der Waals surface area contributed by atoms with Gasteiger partial charge in [-0.2, -0.15) is 0 Å². The van der Waals surface area contributed by atoms with Crippen LogP contribution in [0.2, 0.25) is 0 Å². The summed E-state index contributed by atoms with van der Waals surface area (Å²) < 4.78 is 5.69. The Morgan fingerprint density at radius 2 is 1.67 bits per heavy atom. The zero-order valence-electron chi connectivity index (χ0n) is 19.1. The second-order valence-electron chi connectivity index (χ2n) is 9.83. The maximum atomic E-state index is 12.8. The number of amides is 2. The third kappa shape index (κ3) is 7.06. The highest BCUT2D eigenvalue weighted by Gasteiger charge is 2.35. The van der Waals surface area contributed by atoms with E-state index in [1.165, 1.54) is 12.8 Å². The van der Waals surface area contributed by atoms with Gasteiger partial charge in [0.05, 0.1) is 0 Å². The van der Waals surface area contributed by atoms with Crippen molar-refractivity contribution in [3.63, 3.8) is 0 Å². The van der Waals surface area contributed by atoms with E-state index >= 15 is 0 Å². The minimum Gasteiger partial charge on any atom is -0.444 e. The zero-order valence-corrected chi connectivity index (χ0v) is 19.1. The Morgan fingerprint density at radius 1 is 1.03 bits per heavy atom. The summed E-state index contributed by atoms with van der Waals surface area (Å²) in [5, 5.41) is 6.32. The lowest BCUT2D eigenvalue weighted by Gasteiger charge is -2.40. The van der Waals surface area contributed by atoms with Crippen LogP contribution in [0, 0.1) is 11.8 Å². The van der Waals surface area contributed by atoms with Crippen LogP contribution < -0.4 is 10.6 Å². The summed E-state index contributed by atoms with van der Waals surface area (Å²) in [5.74, 6) is 1.91. The number of carbonyl (C=O) groups is 2. The second kappa shape index (κ2) is 9.88. The Kier molecular flexibility index (Phi) is 7.47. The van der Waals surface area contributed by atoms with Gasteiger partial charge in [0.2, 0.25) is 5.91 Å². The maximum absolute atomic E-state index is 12.8. The van der Waals surface area contributed by atoms with Crippen LogP contribution in [0.25, 0.3) is 0 Å². The van der Waals surface area contributed by atoms with E-state index in [1.807, 2.05) is 25.7 Å². The molecule has 2 aliphatic carbocycles. The lowest BCUT2D eigenvalue weighted by molar-refractivity contribution is -0.122. The Morgan fingerprint density at radius 3 is 2.20 bits per heavy atom. The van der Waals surface area contributed by atoms with E-state index in [0.29, 0.717) is 19.0 Å². The van der Waals surface area contributed by atoms with Gasteiger partial charge in [-0.3, -0.25) is 9.79 Å². The van der Waals surface area contributed by atoms with Gasteiger partial charge in [0.15, 0.2) is 5.96 Å². The molecule has 3 aliphatic rings. The fraction of sp³-hybridized carbons (Fsp3) is 0.864. The summed E-state index contributed by atoms with van der Waals surface area (Å²) in [4.78, 5) is 33.1. The van der Waals surface area contributed by atoms with Crippen molar-refractivity contribution >= 4 is 18.0 Å². The number of piperidine rings is 1. The third-order valence-corrected chi connectivity index (χ3v) is 5.85. The van der Waals surface area contributed by atoms with Gasteiger partial charge in [-0.25, -0.2) is 4.79 Å². The van der Waals surface area contributed by atoms with Crippen LogP contribution in [0.4, 0.5) is 4.79 Å². The number of rotatable bonds is 7. The van der Waals surface area contributed by atoms with Crippen molar-refractivity contribution < 1.29 is 14.3 Å². The van der Waals surface area contributed by atoms with E-state index in [4.69, 9.17) is 4.74 Å². The molecule has 0 atom stereocenters. The molecule has 30 heavy (non-hydrogen) atoms. The SMILES string of the molecule is CN=C(NCCNC(=O)C1CC1)N1CCC(N(CC2CC2)C(=O)OC(C)(C)C)CC1. The average Bonchev–Trinajstić information content (AvgIpc) is 3.59. The van der Waals surface area contributed by atoms with Crippen molar-refractivity contribution in [1.82, 2.24) is 20.4 Å². The van der Waals surface area contributed by atoms with Gasteiger partial charge in [0.25, 0.3) is 0 Å². The van der Waals surface area contributed by atoms with Crippen LogP contribution in [-0.4, -0.2) is 79.2 Å². The monoisotopic (exact) mass is 421 g/mol. The number of hydrogen-bond donors (Lipinski definition) is 2. The summed E-state index contributed by atoms with van der Waals surface area (Å²) in [7, 11) is 1.79. The molecule has 2 saturated carbocycles. The van der Waals surface area contributed by atoms with Crippen LogP contribution >= 0.6 is 0 Å². The van der Waals surface area contributed by atoms with Crippen LogP contribution in [0.15, 0.2) is 4.99 Å². The predicted octanol–water partition coefficient (Wildman–Crippen LogP) is 2.20. The Balaban J connectivity index is 1.44. The quantitative estimate of drug-likeness (QED) is 0.374. The normalized spacial score (nSPS) is 20.7. The minimum absolute atomic E-state index is 0.172. The Hall–Kier alpha value is -1.99. The van der Waals surface area contributed by atoms with Crippen molar-refractivity contribution in [2.45, 2.75) is 70.9 Å².